The van der Waals surface area contributed by atoms with Crippen molar-refractivity contribution in [1.29, 1.82) is 5.26 Å². The van der Waals surface area contributed by atoms with Crippen LogP contribution in [0.2, 0.25) is 0 Å². The van der Waals surface area contributed by atoms with Gasteiger partial charge in [0, 0.05) is 45.8 Å². The summed E-state index contributed by atoms with van der Waals surface area (Å²) in [5.41, 5.74) is 3.31. The Kier molecular flexibility index (Phi) is 8.71. The van der Waals surface area contributed by atoms with Crippen LogP contribution in [-0.4, -0.2) is 55.2 Å². The minimum absolute atomic E-state index is 0.00503. The molecule has 1 aliphatic heterocycles. The molecule has 31 heavy (non-hydrogen) atoms. The van der Waals surface area contributed by atoms with E-state index in [2.05, 4.69) is 45.6 Å². The number of ether oxygens (including phenoxy) is 1. The quantitative estimate of drug-likeness (QED) is 0.651. The molecule has 2 aromatic rings. The van der Waals surface area contributed by atoms with Crippen molar-refractivity contribution in [1.82, 2.24) is 20.4 Å². The first kappa shape index (κ1) is 22.6. The van der Waals surface area contributed by atoms with Gasteiger partial charge in [0.15, 0.2) is 6.61 Å². The number of amides is 2. The highest BCUT2D eigenvalue weighted by molar-refractivity contribution is 5.73. The van der Waals surface area contributed by atoms with Gasteiger partial charge in [-0.05, 0) is 35.4 Å². The number of likely N-dealkylation sites (N-methyl/N-ethyl adjacent to an activating group) is 1. The van der Waals surface area contributed by atoms with Crippen LogP contribution >= 0.6 is 0 Å². The number of nitrogens with one attached hydrogen (secondary N) is 2. The third kappa shape index (κ3) is 7.28. The average molecular weight is 422 g/mol. The monoisotopic (exact) mass is 421 g/mol. The standard InChI is InChI=1S/C24H31N5O2/c1-2-28-11-13-29(14-12-28)19-22-8-4-3-7-21(22)18-27-24(30)26-17-20-6-5-9-23(16-20)31-15-10-25/h3-9,16H,2,11-15,17-19H2,1H3,(H2,26,27,30). The Hall–Kier alpha value is -3.08. The molecule has 7 heteroatoms. The van der Waals surface area contributed by atoms with E-state index in [0.717, 1.165) is 50.4 Å². The summed E-state index contributed by atoms with van der Waals surface area (Å²) in [7, 11) is 0. The van der Waals surface area contributed by atoms with Crippen molar-refractivity contribution in [3.05, 3.63) is 65.2 Å². The molecule has 0 radical (unpaired) electrons. The second-order valence-electron chi connectivity index (χ2n) is 7.61. The zero-order chi connectivity index (χ0) is 21.9. The van der Waals surface area contributed by atoms with Gasteiger partial charge in [0.05, 0.1) is 0 Å². The van der Waals surface area contributed by atoms with Crippen molar-refractivity contribution in [2.45, 2.75) is 26.6 Å². The summed E-state index contributed by atoms with van der Waals surface area (Å²) in [5, 5.41) is 14.5. The highest BCUT2D eigenvalue weighted by Gasteiger charge is 2.16. The largest absolute Gasteiger partial charge is 0.479 e. The SMILES string of the molecule is CCN1CCN(Cc2ccccc2CNC(=O)NCc2cccc(OCC#N)c2)CC1. The fraction of sp³-hybridized carbons (Fsp3) is 0.417. The summed E-state index contributed by atoms with van der Waals surface area (Å²) in [6, 6.07) is 17.4. The molecule has 1 fully saturated rings. The van der Waals surface area contributed by atoms with Crippen LogP contribution in [0.5, 0.6) is 5.75 Å². The maximum absolute atomic E-state index is 12.3. The summed E-state index contributed by atoms with van der Waals surface area (Å²) in [6.45, 7) is 9.49. The number of carbonyl (C=O) groups is 1. The van der Waals surface area contributed by atoms with Crippen molar-refractivity contribution in [3.8, 4) is 11.8 Å². The lowest BCUT2D eigenvalue weighted by Crippen LogP contribution is -2.45. The summed E-state index contributed by atoms with van der Waals surface area (Å²) < 4.78 is 5.30. The zero-order valence-corrected chi connectivity index (χ0v) is 18.1. The molecule has 1 aliphatic rings. The Balaban J connectivity index is 1.47. The van der Waals surface area contributed by atoms with Gasteiger partial charge in [-0.15, -0.1) is 0 Å². The number of hydrogen-bond acceptors (Lipinski definition) is 5. The summed E-state index contributed by atoms with van der Waals surface area (Å²) in [5.74, 6) is 0.620. The highest BCUT2D eigenvalue weighted by Crippen LogP contribution is 2.14. The normalized spacial score (nSPS) is 14.6. The maximum Gasteiger partial charge on any atom is 0.315 e. The number of rotatable bonds is 9. The molecular formula is C24H31N5O2. The molecule has 0 aromatic heterocycles. The van der Waals surface area contributed by atoms with Crippen LogP contribution in [0.25, 0.3) is 0 Å². The molecular weight excluding hydrogens is 390 g/mol. The first-order chi connectivity index (χ1) is 15.2. The van der Waals surface area contributed by atoms with Crippen molar-refractivity contribution < 1.29 is 9.53 Å². The van der Waals surface area contributed by atoms with Gasteiger partial charge < -0.3 is 20.3 Å². The molecule has 3 rings (SSSR count). The molecule has 2 amide bonds. The maximum atomic E-state index is 12.3. The minimum atomic E-state index is -0.213. The van der Waals surface area contributed by atoms with Gasteiger partial charge in [-0.1, -0.05) is 43.3 Å². The molecule has 1 saturated heterocycles. The first-order valence-corrected chi connectivity index (χ1v) is 10.8. The van der Waals surface area contributed by atoms with Crippen LogP contribution in [0.1, 0.15) is 23.6 Å². The zero-order valence-electron chi connectivity index (χ0n) is 18.1. The van der Waals surface area contributed by atoms with Gasteiger partial charge in [-0.2, -0.15) is 5.26 Å². The van der Waals surface area contributed by atoms with E-state index in [9.17, 15) is 4.79 Å². The second kappa shape index (κ2) is 11.9. The van der Waals surface area contributed by atoms with E-state index in [1.807, 2.05) is 30.3 Å². The van der Waals surface area contributed by atoms with E-state index >= 15 is 0 Å². The Labute approximate surface area is 184 Å². The first-order valence-electron chi connectivity index (χ1n) is 10.8. The van der Waals surface area contributed by atoms with E-state index in [1.54, 1.807) is 6.07 Å². The Morgan fingerprint density at radius 3 is 2.45 bits per heavy atom. The smallest absolute Gasteiger partial charge is 0.315 e. The summed E-state index contributed by atoms with van der Waals surface area (Å²) in [6.07, 6.45) is 0. The highest BCUT2D eigenvalue weighted by atomic mass is 16.5. The molecule has 0 atom stereocenters. The average Bonchev–Trinajstić information content (AvgIpc) is 2.81. The third-order valence-corrected chi connectivity index (χ3v) is 5.52. The van der Waals surface area contributed by atoms with Crippen molar-refractivity contribution in [3.63, 3.8) is 0 Å². The van der Waals surface area contributed by atoms with Gasteiger partial charge in [0.25, 0.3) is 0 Å². The second-order valence-corrected chi connectivity index (χ2v) is 7.61. The number of benzene rings is 2. The Bertz CT molecular complexity index is 888. The Morgan fingerprint density at radius 1 is 1.00 bits per heavy atom. The predicted molar refractivity (Wildman–Crippen MR) is 120 cm³/mol. The molecule has 7 nitrogen and oxygen atoms in total. The van der Waals surface area contributed by atoms with Crippen LogP contribution in [0.15, 0.2) is 48.5 Å². The van der Waals surface area contributed by atoms with Gasteiger partial charge in [-0.25, -0.2) is 4.79 Å². The third-order valence-electron chi connectivity index (χ3n) is 5.52. The topological polar surface area (TPSA) is 80.6 Å². The number of urea groups is 1. The van der Waals surface area contributed by atoms with Gasteiger partial charge in [0.2, 0.25) is 0 Å². The Morgan fingerprint density at radius 2 is 1.71 bits per heavy atom. The van der Waals surface area contributed by atoms with Gasteiger partial charge in [-0.3, -0.25) is 4.90 Å². The van der Waals surface area contributed by atoms with Crippen LogP contribution in [0.3, 0.4) is 0 Å². The molecule has 2 N–H and O–H groups in total. The van der Waals surface area contributed by atoms with E-state index < -0.39 is 0 Å². The lowest BCUT2D eigenvalue weighted by molar-refractivity contribution is 0.131. The van der Waals surface area contributed by atoms with E-state index in [0.29, 0.717) is 18.8 Å². The molecule has 0 spiro atoms. The van der Waals surface area contributed by atoms with Crippen LogP contribution in [-0.2, 0) is 19.6 Å². The number of hydrogen-bond donors (Lipinski definition) is 2. The summed E-state index contributed by atoms with van der Waals surface area (Å²) >= 11 is 0. The lowest BCUT2D eigenvalue weighted by atomic mass is 10.1. The number of nitriles is 1. The van der Waals surface area contributed by atoms with E-state index in [4.69, 9.17) is 10.00 Å². The molecule has 0 bridgehead atoms. The molecule has 0 aliphatic carbocycles. The van der Waals surface area contributed by atoms with Gasteiger partial charge >= 0.3 is 6.03 Å². The molecule has 164 valence electrons. The fourth-order valence-electron chi connectivity index (χ4n) is 3.67. The van der Waals surface area contributed by atoms with Crippen molar-refractivity contribution >= 4 is 6.03 Å². The van der Waals surface area contributed by atoms with E-state index in [1.165, 1.54) is 5.56 Å². The number of piperazine rings is 1. The van der Waals surface area contributed by atoms with Gasteiger partial charge in [0.1, 0.15) is 11.8 Å². The van der Waals surface area contributed by atoms with Crippen LogP contribution < -0.4 is 15.4 Å². The van der Waals surface area contributed by atoms with E-state index in [-0.39, 0.29) is 12.6 Å². The molecule has 1 heterocycles. The fourth-order valence-corrected chi connectivity index (χ4v) is 3.67. The number of carbonyl (C=O) groups excluding carboxylic acids is 1. The molecule has 0 saturated carbocycles. The molecule has 0 unspecified atom stereocenters. The predicted octanol–water partition coefficient (Wildman–Crippen LogP) is 2.73. The minimum Gasteiger partial charge on any atom is -0.479 e. The van der Waals surface area contributed by atoms with Crippen LogP contribution in [0.4, 0.5) is 4.79 Å². The summed E-state index contributed by atoms with van der Waals surface area (Å²) in [4.78, 5) is 17.3. The molecule has 2 aromatic carbocycles. The lowest BCUT2D eigenvalue weighted by Gasteiger charge is -2.34. The van der Waals surface area contributed by atoms with Crippen molar-refractivity contribution in [2.24, 2.45) is 0 Å². The number of nitrogens with zero attached hydrogens (tertiary/aromatic N) is 3. The van der Waals surface area contributed by atoms with Crippen molar-refractivity contribution in [2.75, 3.05) is 39.3 Å². The van der Waals surface area contributed by atoms with Crippen LogP contribution in [0, 0.1) is 11.3 Å².